The number of halogens is 1. The van der Waals surface area contributed by atoms with Crippen LogP contribution in [0, 0.1) is 5.92 Å². The first kappa shape index (κ1) is 22.0. The van der Waals surface area contributed by atoms with Crippen molar-refractivity contribution in [1.82, 2.24) is 0 Å². The summed E-state index contributed by atoms with van der Waals surface area (Å²) in [7, 11) is 3.34. The minimum atomic E-state index is -0.331. The van der Waals surface area contributed by atoms with E-state index in [1.807, 2.05) is 12.1 Å². The molecule has 2 aromatic carbocycles. The van der Waals surface area contributed by atoms with E-state index in [2.05, 4.69) is 36.4 Å². The Labute approximate surface area is 182 Å². The molecule has 0 spiro atoms. The maximum Gasteiger partial charge on any atom is 0.154 e. The highest BCUT2D eigenvalue weighted by molar-refractivity contribution is 8.13. The molecule has 1 aliphatic carbocycles. The van der Waals surface area contributed by atoms with Gasteiger partial charge < -0.3 is 19.9 Å². The lowest BCUT2D eigenvalue weighted by Gasteiger charge is -2.36. The molecule has 2 N–H and O–H groups in total. The minimum Gasteiger partial charge on any atom is -0.497 e. The van der Waals surface area contributed by atoms with Crippen molar-refractivity contribution < 1.29 is 14.2 Å². The summed E-state index contributed by atoms with van der Waals surface area (Å²) in [4.78, 5) is 4.98. The van der Waals surface area contributed by atoms with Gasteiger partial charge in [0.05, 0.1) is 18.8 Å². The molecular weight excluding hydrogens is 408 g/mol. The van der Waals surface area contributed by atoms with Gasteiger partial charge in [0.15, 0.2) is 5.17 Å². The molecule has 0 aromatic heterocycles. The van der Waals surface area contributed by atoms with Crippen LogP contribution < -0.4 is 10.5 Å². The maximum absolute atomic E-state index is 6.18. The molecule has 1 saturated carbocycles. The summed E-state index contributed by atoms with van der Waals surface area (Å²) in [6.07, 6.45) is 1.92. The van der Waals surface area contributed by atoms with Crippen molar-refractivity contribution in [3.63, 3.8) is 0 Å². The van der Waals surface area contributed by atoms with E-state index in [4.69, 9.17) is 24.9 Å². The molecule has 2 aliphatic rings. The van der Waals surface area contributed by atoms with Crippen LogP contribution in [0.5, 0.6) is 5.75 Å². The summed E-state index contributed by atoms with van der Waals surface area (Å²) >= 11 is 1.64. The number of hydrogen-bond donors (Lipinski definition) is 1. The van der Waals surface area contributed by atoms with Gasteiger partial charge in [-0.15, -0.1) is 12.4 Å². The van der Waals surface area contributed by atoms with E-state index in [1.165, 1.54) is 5.56 Å². The van der Waals surface area contributed by atoms with E-state index < -0.39 is 0 Å². The molecule has 1 aliphatic heterocycles. The van der Waals surface area contributed by atoms with Crippen molar-refractivity contribution in [2.45, 2.75) is 24.5 Å². The number of benzene rings is 2. The molecule has 29 heavy (non-hydrogen) atoms. The van der Waals surface area contributed by atoms with Gasteiger partial charge in [-0.3, -0.25) is 4.99 Å². The quantitative estimate of drug-likeness (QED) is 0.681. The topological polar surface area (TPSA) is 66.1 Å². The smallest absolute Gasteiger partial charge is 0.154 e. The fourth-order valence-corrected chi connectivity index (χ4v) is 5.36. The van der Waals surface area contributed by atoms with Gasteiger partial charge in [-0.05, 0) is 41.3 Å². The first-order valence-electron chi connectivity index (χ1n) is 9.48. The van der Waals surface area contributed by atoms with Crippen LogP contribution in [0.3, 0.4) is 0 Å². The highest BCUT2D eigenvalue weighted by Gasteiger charge is 2.51. The third kappa shape index (κ3) is 4.40. The second kappa shape index (κ2) is 9.39. The number of nitrogens with two attached hydrogens (primary N) is 1. The number of ether oxygens (including phenoxy) is 3. The first-order valence-corrected chi connectivity index (χ1v) is 10.5. The lowest BCUT2D eigenvalue weighted by Crippen LogP contribution is -2.36. The zero-order valence-electron chi connectivity index (χ0n) is 16.7. The first-order chi connectivity index (χ1) is 13.6. The molecule has 0 saturated heterocycles. The summed E-state index contributed by atoms with van der Waals surface area (Å²) in [6.45, 7) is 0.309. The van der Waals surface area contributed by atoms with Gasteiger partial charge in [0.2, 0.25) is 0 Å². The van der Waals surface area contributed by atoms with E-state index >= 15 is 0 Å². The van der Waals surface area contributed by atoms with Crippen molar-refractivity contribution in [2.24, 2.45) is 16.6 Å². The fourth-order valence-electron chi connectivity index (χ4n) is 4.35. The molecule has 0 radical (unpaired) electrons. The molecule has 1 fully saturated rings. The Morgan fingerprint density at radius 1 is 1.14 bits per heavy atom. The Bertz CT molecular complexity index is 879. The highest BCUT2D eigenvalue weighted by Crippen LogP contribution is 2.52. The van der Waals surface area contributed by atoms with Gasteiger partial charge in [-0.2, -0.15) is 0 Å². The molecule has 7 heteroatoms. The van der Waals surface area contributed by atoms with E-state index in [0.717, 1.165) is 35.5 Å². The summed E-state index contributed by atoms with van der Waals surface area (Å²) in [5, 5.41) is 0.662. The van der Waals surface area contributed by atoms with Crippen LogP contribution in [0.25, 0.3) is 11.1 Å². The van der Waals surface area contributed by atoms with Gasteiger partial charge in [0.25, 0.3) is 0 Å². The summed E-state index contributed by atoms with van der Waals surface area (Å²) < 4.78 is 16.4. The number of aliphatic imine (C=N–C) groups is 1. The zero-order valence-corrected chi connectivity index (χ0v) is 18.3. The van der Waals surface area contributed by atoms with Crippen LogP contribution in [-0.4, -0.2) is 38.0 Å². The van der Waals surface area contributed by atoms with Crippen molar-refractivity contribution in [1.29, 1.82) is 0 Å². The lowest BCUT2D eigenvalue weighted by molar-refractivity contribution is -0.0708. The largest absolute Gasteiger partial charge is 0.497 e. The molecule has 4 rings (SSSR count). The Kier molecular flexibility index (Phi) is 7.11. The number of amidine groups is 1. The summed E-state index contributed by atoms with van der Waals surface area (Å²) in [5.74, 6) is 2.21. The normalized spacial score (nSPS) is 25.7. The molecule has 0 amide bonds. The summed E-state index contributed by atoms with van der Waals surface area (Å²) in [5.41, 5.74) is 9.32. The van der Waals surface area contributed by atoms with Crippen molar-refractivity contribution in [3.05, 3.63) is 54.1 Å². The minimum absolute atomic E-state index is 0. The maximum atomic E-state index is 6.18. The van der Waals surface area contributed by atoms with Crippen LogP contribution in [-0.2, 0) is 15.0 Å². The average Bonchev–Trinajstić information content (AvgIpc) is 3.11. The average molecular weight is 435 g/mol. The van der Waals surface area contributed by atoms with Gasteiger partial charge in [-0.1, -0.05) is 42.1 Å². The van der Waals surface area contributed by atoms with Gasteiger partial charge in [-0.25, -0.2) is 0 Å². The molecule has 156 valence electrons. The number of methoxy groups -OCH3 is 2. The van der Waals surface area contributed by atoms with Crippen LogP contribution in [0.4, 0.5) is 0 Å². The second-order valence-corrected chi connectivity index (χ2v) is 8.37. The molecule has 0 bridgehead atoms. The molecule has 5 nitrogen and oxygen atoms in total. The SMILES string of the molecule is COCO[C@@H]1C[C@H]2CSC(N)=N[C@@]2(c2cccc(-c3cccc(OC)c3)c2)C1.Cl. The van der Waals surface area contributed by atoms with Crippen molar-refractivity contribution >= 4 is 29.3 Å². The third-order valence-electron chi connectivity index (χ3n) is 5.69. The molecule has 3 atom stereocenters. The predicted octanol–water partition coefficient (Wildman–Crippen LogP) is 4.44. The summed E-state index contributed by atoms with van der Waals surface area (Å²) in [6, 6.07) is 16.8. The van der Waals surface area contributed by atoms with E-state index in [0.29, 0.717) is 17.9 Å². The van der Waals surface area contributed by atoms with Gasteiger partial charge in [0, 0.05) is 25.2 Å². The zero-order chi connectivity index (χ0) is 19.6. The second-order valence-electron chi connectivity index (χ2n) is 7.33. The number of hydrogen-bond acceptors (Lipinski definition) is 6. The fraction of sp³-hybridized carbons (Fsp3) is 0.409. The van der Waals surface area contributed by atoms with E-state index in [9.17, 15) is 0 Å². The van der Waals surface area contributed by atoms with Crippen LogP contribution in [0.1, 0.15) is 18.4 Å². The number of nitrogens with zero attached hydrogens (tertiary/aromatic N) is 1. The van der Waals surface area contributed by atoms with E-state index in [-0.39, 0.29) is 24.0 Å². The predicted molar refractivity (Wildman–Crippen MR) is 121 cm³/mol. The van der Waals surface area contributed by atoms with Crippen LogP contribution in [0.15, 0.2) is 53.5 Å². The van der Waals surface area contributed by atoms with Crippen molar-refractivity contribution in [2.75, 3.05) is 26.8 Å². The molecule has 2 aromatic rings. The Morgan fingerprint density at radius 3 is 2.66 bits per heavy atom. The van der Waals surface area contributed by atoms with Crippen LogP contribution >= 0.6 is 24.2 Å². The number of thioether (sulfide) groups is 1. The lowest BCUT2D eigenvalue weighted by atomic mass is 9.80. The van der Waals surface area contributed by atoms with Gasteiger partial charge >= 0.3 is 0 Å². The van der Waals surface area contributed by atoms with E-state index in [1.54, 1.807) is 26.0 Å². The highest BCUT2D eigenvalue weighted by atomic mass is 35.5. The number of fused-ring (bicyclic) bond motifs is 1. The van der Waals surface area contributed by atoms with Gasteiger partial charge in [0.1, 0.15) is 12.5 Å². The third-order valence-corrected chi connectivity index (χ3v) is 6.65. The molecule has 1 heterocycles. The number of rotatable bonds is 6. The van der Waals surface area contributed by atoms with Crippen molar-refractivity contribution in [3.8, 4) is 16.9 Å². The Morgan fingerprint density at radius 2 is 1.90 bits per heavy atom. The Hall–Kier alpha value is -1.73. The standard InChI is InChI=1S/C22H26N2O3S.ClH/c1-25-14-27-20-11-18-13-28-21(23)24-22(18,12-20)17-7-3-5-15(9-17)16-6-4-8-19(10-16)26-2;/h3-10,18,20H,11-14H2,1-2H3,(H2,23,24);1H/t18-,20+,22+;/m0./s1. The van der Waals surface area contributed by atoms with Crippen LogP contribution in [0.2, 0.25) is 0 Å². The molecular formula is C22H27ClN2O3S. The monoisotopic (exact) mass is 434 g/mol. The molecule has 0 unspecified atom stereocenters. The Balaban J connectivity index is 0.00000240.